The number of esters is 1. The van der Waals surface area contributed by atoms with E-state index in [0.29, 0.717) is 6.42 Å². The number of rotatable bonds is 7. The van der Waals surface area contributed by atoms with Crippen LogP contribution in [0.3, 0.4) is 0 Å². The van der Waals surface area contributed by atoms with Gasteiger partial charge in [0.1, 0.15) is 0 Å². The third kappa shape index (κ3) is 3.91. The molecule has 4 nitrogen and oxygen atoms in total. The lowest BCUT2D eigenvalue weighted by molar-refractivity contribution is -0.175. The lowest BCUT2D eigenvalue weighted by Crippen LogP contribution is -2.50. The molecule has 0 aromatic heterocycles. The Morgan fingerprint density at radius 3 is 2.63 bits per heavy atom. The highest BCUT2D eigenvalue weighted by molar-refractivity contribution is 5.80. The zero-order chi connectivity index (χ0) is 14.3. The van der Waals surface area contributed by atoms with Crippen LogP contribution in [0.15, 0.2) is 43.0 Å². The number of carbonyl (C=O) groups excluding carboxylic acids is 1. The molecule has 0 saturated heterocycles. The summed E-state index contributed by atoms with van der Waals surface area (Å²) in [5, 5.41) is 20.3. The van der Waals surface area contributed by atoms with Crippen LogP contribution in [0.25, 0.3) is 0 Å². The minimum Gasteiger partial charge on any atom is -0.467 e. The van der Waals surface area contributed by atoms with Crippen molar-refractivity contribution in [2.75, 3.05) is 7.11 Å². The average molecular weight is 264 g/mol. The first-order valence-corrected chi connectivity index (χ1v) is 6.18. The normalized spacial score (nSPS) is 15.3. The van der Waals surface area contributed by atoms with Crippen LogP contribution in [-0.4, -0.2) is 35.0 Å². The highest BCUT2D eigenvalue weighted by Crippen LogP contribution is 2.22. The summed E-state index contributed by atoms with van der Waals surface area (Å²) in [6.45, 7) is 3.48. The van der Waals surface area contributed by atoms with Gasteiger partial charge in [-0.05, 0) is 18.4 Å². The minimum absolute atomic E-state index is 0.0460. The number of aliphatic hydroxyl groups is 2. The van der Waals surface area contributed by atoms with Crippen molar-refractivity contribution < 1.29 is 19.7 Å². The molecule has 4 heteroatoms. The molecule has 1 rings (SSSR count). The number of methoxy groups -OCH3 is 1. The topological polar surface area (TPSA) is 66.8 Å². The van der Waals surface area contributed by atoms with E-state index in [4.69, 9.17) is 0 Å². The molecule has 0 saturated carbocycles. The summed E-state index contributed by atoms with van der Waals surface area (Å²) in [5.41, 5.74) is -0.891. The van der Waals surface area contributed by atoms with E-state index in [9.17, 15) is 15.0 Å². The standard InChI is InChI=1S/C15H20O4/c1-3-11-15(18,14(17)19-2)13(16)10-9-12-7-5-4-6-8-12/h3-8,13,16,18H,1,9-11H2,2H3/t13-,15+/m0/s1. The highest BCUT2D eigenvalue weighted by atomic mass is 16.5. The number of aliphatic hydroxyl groups excluding tert-OH is 1. The molecule has 19 heavy (non-hydrogen) atoms. The van der Waals surface area contributed by atoms with Crippen LogP contribution in [0.5, 0.6) is 0 Å². The summed E-state index contributed by atoms with van der Waals surface area (Å²) in [6, 6.07) is 9.56. The monoisotopic (exact) mass is 264 g/mol. The van der Waals surface area contributed by atoms with E-state index < -0.39 is 17.7 Å². The predicted octanol–water partition coefficient (Wildman–Crippen LogP) is 1.46. The van der Waals surface area contributed by atoms with Gasteiger partial charge in [0.05, 0.1) is 13.2 Å². The van der Waals surface area contributed by atoms with Crippen molar-refractivity contribution in [3.63, 3.8) is 0 Å². The van der Waals surface area contributed by atoms with E-state index in [-0.39, 0.29) is 12.8 Å². The molecule has 0 heterocycles. The van der Waals surface area contributed by atoms with Gasteiger partial charge >= 0.3 is 5.97 Å². The fraction of sp³-hybridized carbons (Fsp3) is 0.400. The van der Waals surface area contributed by atoms with Crippen LogP contribution in [0, 0.1) is 0 Å². The van der Waals surface area contributed by atoms with Crippen LogP contribution in [-0.2, 0) is 16.0 Å². The van der Waals surface area contributed by atoms with E-state index >= 15 is 0 Å². The SMILES string of the molecule is C=CC[C@](O)(C(=O)OC)[C@@H](O)CCc1ccccc1. The zero-order valence-electron chi connectivity index (χ0n) is 11.1. The fourth-order valence-corrected chi connectivity index (χ4v) is 1.94. The molecule has 0 fully saturated rings. The molecule has 0 unspecified atom stereocenters. The number of hydrogen-bond acceptors (Lipinski definition) is 4. The Labute approximate surface area is 113 Å². The molecule has 2 N–H and O–H groups in total. The van der Waals surface area contributed by atoms with Gasteiger partial charge in [0.25, 0.3) is 0 Å². The van der Waals surface area contributed by atoms with Gasteiger partial charge in [-0.15, -0.1) is 6.58 Å². The summed E-state index contributed by atoms with van der Waals surface area (Å²) in [4.78, 5) is 11.6. The van der Waals surface area contributed by atoms with Crippen molar-refractivity contribution >= 4 is 5.97 Å². The van der Waals surface area contributed by atoms with Crippen LogP contribution in [0.1, 0.15) is 18.4 Å². The second kappa shape index (κ2) is 7.07. The van der Waals surface area contributed by atoms with Gasteiger partial charge < -0.3 is 14.9 Å². The Morgan fingerprint density at radius 2 is 2.11 bits per heavy atom. The molecular weight excluding hydrogens is 244 g/mol. The Morgan fingerprint density at radius 1 is 1.47 bits per heavy atom. The zero-order valence-corrected chi connectivity index (χ0v) is 11.1. The minimum atomic E-state index is -1.93. The van der Waals surface area contributed by atoms with Gasteiger partial charge in [0.15, 0.2) is 5.60 Å². The van der Waals surface area contributed by atoms with Gasteiger partial charge in [0, 0.05) is 6.42 Å². The smallest absolute Gasteiger partial charge is 0.340 e. The molecule has 0 amide bonds. The number of ether oxygens (including phenoxy) is 1. The fourth-order valence-electron chi connectivity index (χ4n) is 1.94. The maximum absolute atomic E-state index is 11.6. The Kier molecular flexibility index (Phi) is 5.73. The molecule has 0 aliphatic carbocycles. The first-order chi connectivity index (χ1) is 9.04. The summed E-state index contributed by atoms with van der Waals surface area (Å²) >= 11 is 0. The van der Waals surface area contributed by atoms with Gasteiger partial charge in [-0.1, -0.05) is 36.4 Å². The second-order valence-corrected chi connectivity index (χ2v) is 4.45. The predicted molar refractivity (Wildman–Crippen MR) is 72.5 cm³/mol. The first kappa shape index (κ1) is 15.4. The number of aryl methyl sites for hydroxylation is 1. The van der Waals surface area contributed by atoms with E-state index in [1.807, 2.05) is 30.3 Å². The number of hydrogen-bond donors (Lipinski definition) is 2. The number of carbonyl (C=O) groups is 1. The molecule has 2 atom stereocenters. The van der Waals surface area contributed by atoms with Gasteiger partial charge in [-0.2, -0.15) is 0 Å². The van der Waals surface area contributed by atoms with Crippen LogP contribution in [0.2, 0.25) is 0 Å². The lowest BCUT2D eigenvalue weighted by atomic mass is 9.89. The third-order valence-corrected chi connectivity index (χ3v) is 3.09. The van der Waals surface area contributed by atoms with Crippen LogP contribution in [0.4, 0.5) is 0 Å². The molecule has 1 aromatic carbocycles. The van der Waals surface area contributed by atoms with Gasteiger partial charge in [-0.25, -0.2) is 4.79 Å². The van der Waals surface area contributed by atoms with Gasteiger partial charge in [0.2, 0.25) is 0 Å². The molecular formula is C15H20O4. The maximum Gasteiger partial charge on any atom is 0.340 e. The van der Waals surface area contributed by atoms with Crippen molar-refractivity contribution in [2.24, 2.45) is 0 Å². The summed E-state index contributed by atoms with van der Waals surface area (Å²) in [5.74, 6) is -0.840. The highest BCUT2D eigenvalue weighted by Gasteiger charge is 2.43. The van der Waals surface area contributed by atoms with Crippen LogP contribution < -0.4 is 0 Å². The third-order valence-electron chi connectivity index (χ3n) is 3.09. The Hall–Kier alpha value is -1.65. The number of benzene rings is 1. The van der Waals surface area contributed by atoms with E-state index in [1.54, 1.807) is 0 Å². The summed E-state index contributed by atoms with van der Waals surface area (Å²) < 4.78 is 4.54. The van der Waals surface area contributed by atoms with Crippen molar-refractivity contribution in [3.05, 3.63) is 48.6 Å². The van der Waals surface area contributed by atoms with E-state index in [2.05, 4.69) is 11.3 Å². The average Bonchev–Trinajstić information content (AvgIpc) is 2.45. The molecule has 1 aromatic rings. The summed E-state index contributed by atoms with van der Waals surface area (Å²) in [7, 11) is 1.18. The Bertz CT molecular complexity index is 415. The van der Waals surface area contributed by atoms with Crippen molar-refractivity contribution in [1.82, 2.24) is 0 Å². The largest absolute Gasteiger partial charge is 0.467 e. The summed E-state index contributed by atoms with van der Waals surface area (Å²) in [6.07, 6.45) is 0.985. The van der Waals surface area contributed by atoms with Gasteiger partial charge in [-0.3, -0.25) is 0 Å². The Balaban J connectivity index is 2.70. The molecule has 0 radical (unpaired) electrons. The molecule has 104 valence electrons. The van der Waals surface area contributed by atoms with Crippen LogP contribution >= 0.6 is 0 Å². The molecule has 0 aliphatic rings. The quantitative estimate of drug-likeness (QED) is 0.578. The molecule has 0 aliphatic heterocycles. The van der Waals surface area contributed by atoms with Crippen molar-refractivity contribution in [3.8, 4) is 0 Å². The second-order valence-electron chi connectivity index (χ2n) is 4.45. The van der Waals surface area contributed by atoms with E-state index in [0.717, 1.165) is 5.56 Å². The molecule has 0 bridgehead atoms. The maximum atomic E-state index is 11.6. The lowest BCUT2D eigenvalue weighted by Gasteiger charge is -2.29. The molecule has 0 spiro atoms. The van der Waals surface area contributed by atoms with E-state index in [1.165, 1.54) is 13.2 Å². The van der Waals surface area contributed by atoms with Crippen molar-refractivity contribution in [2.45, 2.75) is 31.0 Å². The van der Waals surface area contributed by atoms with Crippen molar-refractivity contribution in [1.29, 1.82) is 0 Å². The first-order valence-electron chi connectivity index (χ1n) is 6.18.